The molecule has 2 fully saturated rings. The minimum Gasteiger partial charge on any atom is -0.475 e. The molecule has 0 saturated carbocycles. The second kappa shape index (κ2) is 11.5. The highest BCUT2D eigenvalue weighted by Gasteiger charge is 2.38. The number of carboxylic acids is 1. The van der Waals surface area contributed by atoms with E-state index >= 15 is 0 Å². The molecule has 9 heteroatoms. The summed E-state index contributed by atoms with van der Waals surface area (Å²) >= 11 is 0. The number of hydrogen-bond acceptors (Lipinski definition) is 4. The van der Waals surface area contributed by atoms with Crippen molar-refractivity contribution in [2.75, 3.05) is 32.7 Å². The van der Waals surface area contributed by atoms with E-state index in [0.29, 0.717) is 5.92 Å². The minimum absolute atomic E-state index is 0.244. The van der Waals surface area contributed by atoms with E-state index in [-0.39, 0.29) is 11.8 Å². The zero-order valence-electron chi connectivity index (χ0n) is 16.1. The molecule has 2 aliphatic heterocycles. The van der Waals surface area contributed by atoms with Crippen LogP contribution in [0.2, 0.25) is 0 Å². The van der Waals surface area contributed by atoms with Crippen molar-refractivity contribution >= 4 is 11.9 Å². The Hall–Kier alpha value is -1.35. The van der Waals surface area contributed by atoms with E-state index in [1.807, 2.05) is 0 Å². The van der Waals surface area contributed by atoms with Gasteiger partial charge in [0.25, 0.3) is 0 Å². The Morgan fingerprint density at radius 2 is 1.74 bits per heavy atom. The molecule has 0 spiro atoms. The summed E-state index contributed by atoms with van der Waals surface area (Å²) in [6.07, 6.45) is 0.864. The molecule has 0 aliphatic carbocycles. The summed E-state index contributed by atoms with van der Waals surface area (Å²) in [5, 5.41) is 13.7. The normalized spacial score (nSPS) is 22.5. The van der Waals surface area contributed by atoms with Crippen LogP contribution in [-0.2, 0) is 9.59 Å². The number of carboxylic acid groups (broad SMARTS) is 1. The average Bonchev–Trinajstić information content (AvgIpc) is 2.89. The fourth-order valence-electron chi connectivity index (χ4n) is 3.34. The van der Waals surface area contributed by atoms with Gasteiger partial charge in [-0.2, -0.15) is 13.2 Å². The molecule has 1 amide bonds. The molecule has 3 N–H and O–H groups in total. The predicted molar refractivity (Wildman–Crippen MR) is 96.3 cm³/mol. The Bertz CT molecular complexity index is 457. The molecule has 0 aromatic rings. The number of hydrogen-bond donors (Lipinski definition) is 3. The Balaban J connectivity index is 0.000000445. The Morgan fingerprint density at radius 3 is 2.26 bits per heavy atom. The number of alkyl halides is 3. The van der Waals surface area contributed by atoms with Crippen LogP contribution >= 0.6 is 0 Å². The summed E-state index contributed by atoms with van der Waals surface area (Å²) in [4.78, 5) is 23.6. The molecule has 2 aliphatic rings. The number of aliphatic carboxylic acids is 1. The first-order chi connectivity index (χ1) is 12.6. The number of rotatable bonds is 4. The van der Waals surface area contributed by atoms with Gasteiger partial charge < -0.3 is 20.6 Å². The summed E-state index contributed by atoms with van der Waals surface area (Å²) in [5.41, 5.74) is 0. The smallest absolute Gasteiger partial charge is 0.475 e. The third-order valence-corrected chi connectivity index (χ3v) is 4.89. The van der Waals surface area contributed by atoms with Gasteiger partial charge in [-0.1, -0.05) is 13.8 Å². The van der Waals surface area contributed by atoms with Crippen molar-refractivity contribution in [1.29, 1.82) is 0 Å². The molecule has 27 heavy (non-hydrogen) atoms. The number of nitrogens with zero attached hydrogens (tertiary/aromatic N) is 1. The Labute approximate surface area is 158 Å². The van der Waals surface area contributed by atoms with Crippen molar-refractivity contribution in [3.8, 4) is 0 Å². The summed E-state index contributed by atoms with van der Waals surface area (Å²) in [6.45, 7) is 9.62. The number of likely N-dealkylation sites (tertiary alicyclic amines) is 1. The molecule has 1 unspecified atom stereocenters. The second-order valence-corrected chi connectivity index (χ2v) is 7.59. The Morgan fingerprint density at radius 1 is 1.15 bits per heavy atom. The van der Waals surface area contributed by atoms with E-state index in [1.54, 1.807) is 0 Å². The van der Waals surface area contributed by atoms with Crippen LogP contribution in [0.4, 0.5) is 13.2 Å². The van der Waals surface area contributed by atoms with Crippen LogP contribution in [-0.4, -0.2) is 66.8 Å². The predicted octanol–water partition coefficient (Wildman–Crippen LogP) is 2.25. The first kappa shape index (κ1) is 23.7. The van der Waals surface area contributed by atoms with E-state index in [1.165, 1.54) is 25.8 Å². The first-order valence-corrected chi connectivity index (χ1v) is 9.63. The van der Waals surface area contributed by atoms with Crippen molar-refractivity contribution in [2.24, 2.45) is 11.8 Å². The standard InChI is InChI=1S/C16H31N3O.C2HF3O2/c1-13(2)12-18-16(20)14-6-10-19(11-7-14)15-4-3-8-17-9-5-15;3-2(4,5)1(6)7/h13-15,17H,3-12H2,1-2H3,(H,18,20);(H,6,7). The van der Waals surface area contributed by atoms with E-state index in [9.17, 15) is 18.0 Å². The maximum absolute atomic E-state index is 12.1. The van der Waals surface area contributed by atoms with Crippen LogP contribution in [0, 0.1) is 11.8 Å². The molecular formula is C18H32F3N3O3. The van der Waals surface area contributed by atoms with Gasteiger partial charge in [0.1, 0.15) is 0 Å². The number of amides is 1. The average molecular weight is 395 g/mol. The molecule has 2 heterocycles. The lowest BCUT2D eigenvalue weighted by molar-refractivity contribution is -0.192. The van der Waals surface area contributed by atoms with Gasteiger partial charge >= 0.3 is 12.1 Å². The molecular weight excluding hydrogens is 363 g/mol. The van der Waals surface area contributed by atoms with Gasteiger partial charge in [0.2, 0.25) is 5.91 Å². The molecule has 0 radical (unpaired) electrons. The Kier molecular flexibility index (Phi) is 10.1. The molecule has 1 atom stereocenters. The van der Waals surface area contributed by atoms with Gasteiger partial charge in [-0.05, 0) is 64.2 Å². The van der Waals surface area contributed by atoms with Crippen LogP contribution < -0.4 is 10.6 Å². The fourth-order valence-corrected chi connectivity index (χ4v) is 3.34. The second-order valence-electron chi connectivity index (χ2n) is 7.59. The van der Waals surface area contributed by atoms with Crippen molar-refractivity contribution < 1.29 is 27.9 Å². The van der Waals surface area contributed by atoms with Crippen LogP contribution in [0.3, 0.4) is 0 Å². The van der Waals surface area contributed by atoms with E-state index < -0.39 is 12.1 Å². The zero-order valence-corrected chi connectivity index (χ0v) is 16.1. The molecule has 2 saturated heterocycles. The van der Waals surface area contributed by atoms with Gasteiger partial charge in [0, 0.05) is 18.5 Å². The van der Waals surface area contributed by atoms with Gasteiger partial charge in [-0.25, -0.2) is 4.79 Å². The molecule has 0 aromatic carbocycles. The monoisotopic (exact) mass is 395 g/mol. The van der Waals surface area contributed by atoms with Crippen LogP contribution in [0.15, 0.2) is 0 Å². The first-order valence-electron chi connectivity index (χ1n) is 9.63. The highest BCUT2D eigenvalue weighted by molar-refractivity contribution is 5.78. The zero-order chi connectivity index (χ0) is 20.4. The van der Waals surface area contributed by atoms with Gasteiger partial charge in [-0.15, -0.1) is 0 Å². The van der Waals surface area contributed by atoms with Crippen molar-refractivity contribution in [2.45, 2.75) is 58.2 Å². The van der Waals surface area contributed by atoms with Crippen LogP contribution in [0.5, 0.6) is 0 Å². The lowest BCUT2D eigenvalue weighted by atomic mass is 9.93. The SMILES string of the molecule is CC(C)CNC(=O)C1CCN(C2CCCNCC2)CC1.O=C(O)C(F)(F)F. The lowest BCUT2D eigenvalue weighted by Crippen LogP contribution is -2.45. The highest BCUT2D eigenvalue weighted by atomic mass is 19.4. The minimum atomic E-state index is -5.08. The van der Waals surface area contributed by atoms with Crippen LogP contribution in [0.1, 0.15) is 46.0 Å². The number of carbonyl (C=O) groups is 2. The maximum Gasteiger partial charge on any atom is 0.490 e. The molecule has 2 rings (SSSR count). The van der Waals surface area contributed by atoms with Crippen molar-refractivity contribution in [3.05, 3.63) is 0 Å². The topological polar surface area (TPSA) is 81.7 Å². The van der Waals surface area contributed by atoms with E-state index in [0.717, 1.165) is 45.1 Å². The summed E-state index contributed by atoms with van der Waals surface area (Å²) in [7, 11) is 0. The lowest BCUT2D eigenvalue weighted by Gasteiger charge is -2.36. The van der Waals surface area contributed by atoms with E-state index in [2.05, 4.69) is 29.4 Å². The number of nitrogens with one attached hydrogen (secondary N) is 2. The van der Waals surface area contributed by atoms with Crippen LogP contribution in [0.25, 0.3) is 0 Å². The fraction of sp³-hybridized carbons (Fsp3) is 0.889. The quantitative estimate of drug-likeness (QED) is 0.680. The molecule has 6 nitrogen and oxygen atoms in total. The summed E-state index contributed by atoms with van der Waals surface area (Å²) in [5.74, 6) is -1.69. The summed E-state index contributed by atoms with van der Waals surface area (Å²) < 4.78 is 31.7. The molecule has 0 aromatic heterocycles. The molecule has 158 valence electrons. The largest absolute Gasteiger partial charge is 0.490 e. The highest BCUT2D eigenvalue weighted by Crippen LogP contribution is 2.23. The molecule has 0 bridgehead atoms. The van der Waals surface area contributed by atoms with Crippen molar-refractivity contribution in [1.82, 2.24) is 15.5 Å². The number of halogens is 3. The van der Waals surface area contributed by atoms with Gasteiger partial charge in [-0.3, -0.25) is 4.79 Å². The third kappa shape index (κ3) is 9.41. The van der Waals surface area contributed by atoms with Crippen molar-refractivity contribution in [3.63, 3.8) is 0 Å². The van der Waals surface area contributed by atoms with E-state index in [4.69, 9.17) is 9.90 Å². The third-order valence-electron chi connectivity index (χ3n) is 4.89. The van der Waals surface area contributed by atoms with Gasteiger partial charge in [0.15, 0.2) is 0 Å². The van der Waals surface area contributed by atoms with Gasteiger partial charge in [0.05, 0.1) is 0 Å². The summed E-state index contributed by atoms with van der Waals surface area (Å²) in [6, 6.07) is 0.740. The number of carbonyl (C=O) groups excluding carboxylic acids is 1. The number of piperidine rings is 1. The maximum atomic E-state index is 12.1.